The van der Waals surface area contributed by atoms with E-state index in [2.05, 4.69) is 15.3 Å². The normalized spacial score (nSPS) is 11.4. The number of nitrogens with zero attached hydrogens (tertiary/aromatic N) is 1. The molecule has 1 aromatic carbocycles. The summed E-state index contributed by atoms with van der Waals surface area (Å²) in [6.07, 6.45) is 1.73. The number of aryl methyl sites for hydroxylation is 1. The molecular formula is C11H14N4O2S. The Kier molecular flexibility index (Phi) is 3.35. The number of hydrogen-bond acceptors (Lipinski definition) is 4. The Balaban J connectivity index is 2.11. The maximum atomic E-state index is 11.2. The van der Waals surface area contributed by atoms with Crippen LogP contribution < -0.4 is 10.5 Å². The average molecular weight is 266 g/mol. The van der Waals surface area contributed by atoms with Gasteiger partial charge in [-0.3, -0.25) is 0 Å². The van der Waals surface area contributed by atoms with E-state index in [1.165, 1.54) is 12.1 Å². The second-order valence-electron chi connectivity index (χ2n) is 3.92. The van der Waals surface area contributed by atoms with Crippen LogP contribution in [0, 0.1) is 6.92 Å². The van der Waals surface area contributed by atoms with Gasteiger partial charge in [-0.15, -0.1) is 0 Å². The minimum atomic E-state index is -3.66. The zero-order valence-corrected chi connectivity index (χ0v) is 10.7. The van der Waals surface area contributed by atoms with E-state index in [1.54, 1.807) is 18.3 Å². The van der Waals surface area contributed by atoms with Crippen LogP contribution in [0.15, 0.2) is 35.4 Å². The number of primary sulfonamides is 1. The Bertz CT molecular complexity index is 649. The summed E-state index contributed by atoms with van der Waals surface area (Å²) < 4.78 is 22.4. The fourth-order valence-corrected chi connectivity index (χ4v) is 2.10. The number of hydrogen-bond donors (Lipinski definition) is 3. The number of imidazole rings is 1. The number of benzene rings is 1. The van der Waals surface area contributed by atoms with Gasteiger partial charge in [0.1, 0.15) is 5.82 Å². The lowest BCUT2D eigenvalue weighted by Crippen LogP contribution is -2.12. The molecule has 0 saturated heterocycles. The first-order valence-corrected chi connectivity index (χ1v) is 6.87. The van der Waals surface area contributed by atoms with E-state index in [1.807, 2.05) is 6.92 Å². The zero-order valence-electron chi connectivity index (χ0n) is 9.84. The molecule has 7 heteroatoms. The van der Waals surface area contributed by atoms with Gasteiger partial charge in [0.25, 0.3) is 0 Å². The highest BCUT2D eigenvalue weighted by atomic mass is 32.2. The van der Waals surface area contributed by atoms with Crippen LogP contribution in [0.5, 0.6) is 0 Å². The molecule has 0 aliphatic carbocycles. The fourth-order valence-electron chi connectivity index (χ4n) is 1.54. The Morgan fingerprint density at radius 1 is 1.44 bits per heavy atom. The van der Waals surface area contributed by atoms with Gasteiger partial charge in [-0.2, -0.15) is 0 Å². The number of sulfonamides is 1. The molecule has 0 bridgehead atoms. The first-order valence-electron chi connectivity index (χ1n) is 5.32. The molecule has 0 amide bonds. The van der Waals surface area contributed by atoms with Crippen LogP contribution in [0.3, 0.4) is 0 Å². The molecule has 0 spiro atoms. The van der Waals surface area contributed by atoms with Gasteiger partial charge in [0.2, 0.25) is 10.0 Å². The predicted octanol–water partition coefficient (Wildman–Crippen LogP) is 0.978. The van der Waals surface area contributed by atoms with Crippen molar-refractivity contribution in [3.8, 4) is 0 Å². The van der Waals surface area contributed by atoms with Crippen LogP contribution >= 0.6 is 0 Å². The van der Waals surface area contributed by atoms with Crippen molar-refractivity contribution < 1.29 is 8.42 Å². The van der Waals surface area contributed by atoms with Crippen LogP contribution in [0.1, 0.15) is 11.5 Å². The van der Waals surface area contributed by atoms with Crippen molar-refractivity contribution in [1.29, 1.82) is 0 Å². The number of aromatic nitrogens is 2. The highest BCUT2D eigenvalue weighted by molar-refractivity contribution is 7.89. The van der Waals surface area contributed by atoms with Crippen molar-refractivity contribution in [2.45, 2.75) is 18.4 Å². The maximum absolute atomic E-state index is 11.2. The van der Waals surface area contributed by atoms with Gasteiger partial charge in [0.15, 0.2) is 0 Å². The molecule has 2 rings (SSSR count). The van der Waals surface area contributed by atoms with Gasteiger partial charge in [0.05, 0.1) is 23.3 Å². The molecule has 0 saturated carbocycles. The van der Waals surface area contributed by atoms with Gasteiger partial charge in [0, 0.05) is 5.69 Å². The summed E-state index contributed by atoms with van der Waals surface area (Å²) in [5.41, 5.74) is 1.61. The molecule has 1 heterocycles. The lowest BCUT2D eigenvalue weighted by molar-refractivity contribution is 0.598. The third-order valence-electron chi connectivity index (χ3n) is 2.40. The average Bonchev–Trinajstić information content (AvgIpc) is 2.72. The monoisotopic (exact) mass is 266 g/mol. The van der Waals surface area contributed by atoms with Crippen molar-refractivity contribution in [3.05, 3.63) is 42.0 Å². The fraction of sp³-hybridized carbons (Fsp3) is 0.182. The number of H-pyrrole nitrogens is 1. The lowest BCUT2D eigenvalue weighted by Gasteiger charge is -2.06. The molecule has 0 unspecified atom stereocenters. The van der Waals surface area contributed by atoms with E-state index in [0.29, 0.717) is 12.2 Å². The summed E-state index contributed by atoms with van der Waals surface area (Å²) in [5, 5.41) is 8.16. The molecule has 18 heavy (non-hydrogen) atoms. The third kappa shape index (κ3) is 3.08. The predicted molar refractivity (Wildman–Crippen MR) is 68.5 cm³/mol. The number of nitrogens with two attached hydrogens (primary N) is 1. The van der Waals surface area contributed by atoms with Gasteiger partial charge >= 0.3 is 0 Å². The Morgan fingerprint density at radius 2 is 2.22 bits per heavy atom. The van der Waals surface area contributed by atoms with Gasteiger partial charge in [-0.1, -0.05) is 6.07 Å². The summed E-state index contributed by atoms with van der Waals surface area (Å²) in [4.78, 5) is 7.24. The third-order valence-corrected chi connectivity index (χ3v) is 3.31. The van der Waals surface area contributed by atoms with Crippen LogP contribution in [-0.4, -0.2) is 18.4 Å². The Morgan fingerprint density at radius 3 is 2.83 bits per heavy atom. The van der Waals surface area contributed by atoms with Crippen LogP contribution in [0.4, 0.5) is 5.69 Å². The van der Waals surface area contributed by atoms with E-state index in [9.17, 15) is 8.42 Å². The highest BCUT2D eigenvalue weighted by Crippen LogP contribution is 2.14. The smallest absolute Gasteiger partial charge is 0.238 e. The van der Waals surface area contributed by atoms with Crippen molar-refractivity contribution >= 4 is 15.7 Å². The largest absolute Gasteiger partial charge is 0.379 e. The summed E-state index contributed by atoms with van der Waals surface area (Å²) in [7, 11) is -3.66. The van der Waals surface area contributed by atoms with Crippen molar-refractivity contribution in [2.24, 2.45) is 5.14 Å². The molecule has 0 fully saturated rings. The Hall–Kier alpha value is -1.86. The summed E-state index contributed by atoms with van der Waals surface area (Å²) in [6.45, 7) is 2.40. The molecular weight excluding hydrogens is 252 g/mol. The molecule has 0 aliphatic heterocycles. The first-order chi connectivity index (χ1) is 8.45. The molecule has 1 aromatic heterocycles. The number of aromatic amines is 1. The number of rotatable bonds is 4. The second kappa shape index (κ2) is 4.79. The molecule has 0 radical (unpaired) electrons. The van der Waals surface area contributed by atoms with Crippen LogP contribution in [0.25, 0.3) is 0 Å². The van der Waals surface area contributed by atoms with Crippen molar-refractivity contribution in [3.63, 3.8) is 0 Å². The van der Waals surface area contributed by atoms with Crippen molar-refractivity contribution in [1.82, 2.24) is 9.97 Å². The Labute approximate surface area is 105 Å². The lowest BCUT2D eigenvalue weighted by atomic mass is 10.3. The van der Waals surface area contributed by atoms with E-state index in [-0.39, 0.29) is 4.90 Å². The highest BCUT2D eigenvalue weighted by Gasteiger charge is 2.07. The van der Waals surface area contributed by atoms with Crippen LogP contribution in [-0.2, 0) is 16.6 Å². The summed E-state index contributed by atoms with van der Waals surface area (Å²) >= 11 is 0. The van der Waals surface area contributed by atoms with E-state index in [4.69, 9.17) is 5.14 Å². The topological polar surface area (TPSA) is 101 Å². The number of nitrogens with one attached hydrogen (secondary N) is 2. The van der Waals surface area contributed by atoms with Gasteiger partial charge in [-0.05, 0) is 25.1 Å². The molecule has 96 valence electrons. The van der Waals surface area contributed by atoms with Crippen molar-refractivity contribution in [2.75, 3.05) is 5.32 Å². The molecule has 4 N–H and O–H groups in total. The zero-order chi connectivity index (χ0) is 13.2. The second-order valence-corrected chi connectivity index (χ2v) is 5.48. The van der Waals surface area contributed by atoms with Gasteiger partial charge < -0.3 is 10.3 Å². The summed E-state index contributed by atoms with van der Waals surface area (Å²) in [5.74, 6) is 0.838. The first kappa shape index (κ1) is 12.6. The molecule has 6 nitrogen and oxygen atoms in total. The molecule has 2 aromatic rings. The SMILES string of the molecule is Cc1ncc(CNc2cccc(S(N)(=O)=O)c2)[nH]1. The standard InChI is InChI=1S/C11H14N4O2S/c1-8-13-6-10(15-8)7-14-9-3-2-4-11(5-9)18(12,16)17/h2-6,14H,7H2,1H3,(H,13,15)(H2,12,16,17). The molecule has 0 aliphatic rings. The minimum absolute atomic E-state index is 0.0910. The van der Waals surface area contributed by atoms with Crippen LogP contribution in [0.2, 0.25) is 0 Å². The minimum Gasteiger partial charge on any atom is -0.379 e. The van der Waals surface area contributed by atoms with E-state index >= 15 is 0 Å². The van der Waals surface area contributed by atoms with E-state index in [0.717, 1.165) is 11.5 Å². The van der Waals surface area contributed by atoms with E-state index < -0.39 is 10.0 Å². The van der Waals surface area contributed by atoms with Gasteiger partial charge in [-0.25, -0.2) is 18.5 Å². The maximum Gasteiger partial charge on any atom is 0.238 e. The number of anilines is 1. The quantitative estimate of drug-likeness (QED) is 0.767. The summed E-state index contributed by atoms with van der Waals surface area (Å²) in [6, 6.07) is 6.37. The molecule has 0 atom stereocenters.